The van der Waals surface area contributed by atoms with E-state index in [0.717, 1.165) is 36.8 Å². The first kappa shape index (κ1) is 30.1. The van der Waals surface area contributed by atoms with Crippen molar-refractivity contribution in [1.29, 1.82) is 0 Å². The van der Waals surface area contributed by atoms with Crippen molar-refractivity contribution in [1.82, 2.24) is 19.9 Å². The summed E-state index contributed by atoms with van der Waals surface area (Å²) in [7, 11) is -4.51. The predicted octanol–water partition coefficient (Wildman–Crippen LogP) is 6.24. The van der Waals surface area contributed by atoms with Crippen LogP contribution >= 0.6 is 11.3 Å². The second kappa shape index (κ2) is 11.0. The number of aromatic nitrogens is 3. The molecule has 2 aromatic heterocycles. The molecule has 2 heterocycles. The molecule has 2 N–H and O–H groups in total. The van der Waals surface area contributed by atoms with Gasteiger partial charge in [0, 0.05) is 17.4 Å². The number of hydrogen-bond acceptors (Lipinski definition) is 8. The normalized spacial score (nSPS) is 15.6. The van der Waals surface area contributed by atoms with Gasteiger partial charge in [-0.15, -0.1) is 21.5 Å². The van der Waals surface area contributed by atoms with Crippen LogP contribution in [0.5, 0.6) is 0 Å². The van der Waals surface area contributed by atoms with Crippen LogP contribution in [0.25, 0.3) is 32.1 Å². The van der Waals surface area contributed by atoms with Crippen molar-refractivity contribution in [2.24, 2.45) is 11.3 Å². The lowest BCUT2D eigenvalue weighted by Crippen LogP contribution is -2.43. The van der Waals surface area contributed by atoms with Crippen LogP contribution in [0.15, 0.2) is 45.7 Å². The fraction of sp³-hybridized carbons (Fsp3) is 0.429. The summed E-state index contributed by atoms with van der Waals surface area (Å²) in [6, 6.07) is 7.29. The maximum atomic E-state index is 13.2. The number of halogens is 3. The molecule has 0 aliphatic heterocycles. The van der Waals surface area contributed by atoms with Crippen LogP contribution < -0.4 is 4.72 Å². The first-order valence-electron chi connectivity index (χ1n) is 13.3. The number of carboxylic acid groups (broad SMARTS) is 1. The standard InChI is InChI=1S/C28H29F3N4O5S2/c1-15(28(29,30)31)35-42(38,39)21-12-11-19(17-9-4-5-10-18(17)21)23-20(13-16-7-6-8-16)32-25(41-23)24-34-33-22(40-24)14-27(2,3)26(36)37/h4-5,9-12,15-16,35H,6-8,13-14H2,1-3H3,(H,36,37). The molecule has 14 heteroatoms. The number of carboxylic acids is 1. The van der Waals surface area contributed by atoms with Crippen molar-refractivity contribution in [3.8, 4) is 21.3 Å². The first-order valence-corrected chi connectivity index (χ1v) is 15.6. The maximum Gasteiger partial charge on any atom is 0.404 e. The van der Waals surface area contributed by atoms with Crippen LogP contribution in [0.2, 0.25) is 0 Å². The Bertz CT molecular complexity index is 1740. The fourth-order valence-electron chi connectivity index (χ4n) is 4.69. The zero-order valence-corrected chi connectivity index (χ0v) is 24.7. The van der Waals surface area contributed by atoms with Gasteiger partial charge in [-0.05, 0) is 44.6 Å². The van der Waals surface area contributed by atoms with Crippen molar-refractivity contribution in [2.75, 3.05) is 0 Å². The Balaban J connectivity index is 1.57. The van der Waals surface area contributed by atoms with Gasteiger partial charge in [0.15, 0.2) is 5.01 Å². The van der Waals surface area contributed by atoms with Gasteiger partial charge in [-0.25, -0.2) is 13.4 Å². The summed E-state index contributed by atoms with van der Waals surface area (Å²) in [4.78, 5) is 16.9. The number of benzene rings is 2. The largest absolute Gasteiger partial charge is 0.481 e. The van der Waals surface area contributed by atoms with E-state index in [9.17, 15) is 31.5 Å². The Kier molecular flexibility index (Phi) is 7.92. The van der Waals surface area contributed by atoms with Crippen molar-refractivity contribution < 1.29 is 35.9 Å². The van der Waals surface area contributed by atoms with E-state index in [-0.39, 0.29) is 28.5 Å². The van der Waals surface area contributed by atoms with E-state index in [1.165, 1.54) is 17.4 Å². The number of nitrogens with zero attached hydrogens (tertiary/aromatic N) is 3. The number of alkyl halides is 3. The zero-order chi connectivity index (χ0) is 30.4. The molecule has 4 aromatic rings. The van der Waals surface area contributed by atoms with Crippen LogP contribution in [0, 0.1) is 11.3 Å². The number of carbonyl (C=O) groups is 1. The molecule has 0 spiro atoms. The van der Waals surface area contributed by atoms with Gasteiger partial charge in [-0.2, -0.15) is 17.9 Å². The van der Waals surface area contributed by atoms with Gasteiger partial charge >= 0.3 is 12.1 Å². The third-order valence-electron chi connectivity index (χ3n) is 7.47. The van der Waals surface area contributed by atoms with Gasteiger partial charge < -0.3 is 9.52 Å². The highest BCUT2D eigenvalue weighted by atomic mass is 32.2. The Hall–Kier alpha value is -3.36. The third kappa shape index (κ3) is 6.06. The summed E-state index contributed by atoms with van der Waals surface area (Å²) in [6.07, 6.45) is -0.787. The molecular weight excluding hydrogens is 593 g/mol. The molecule has 42 heavy (non-hydrogen) atoms. The summed E-state index contributed by atoms with van der Waals surface area (Å²) in [5.74, 6) is -0.254. The summed E-state index contributed by atoms with van der Waals surface area (Å²) < 4.78 is 73.1. The summed E-state index contributed by atoms with van der Waals surface area (Å²) in [6.45, 7) is 3.88. The average Bonchev–Trinajstić information content (AvgIpc) is 3.51. The minimum atomic E-state index is -4.74. The predicted molar refractivity (Wildman–Crippen MR) is 150 cm³/mol. The Morgan fingerprint density at radius 3 is 2.45 bits per heavy atom. The van der Waals surface area contributed by atoms with E-state index in [4.69, 9.17) is 9.40 Å². The van der Waals surface area contributed by atoms with E-state index in [1.54, 1.807) is 48.9 Å². The lowest BCUT2D eigenvalue weighted by atomic mass is 9.81. The molecule has 224 valence electrons. The molecule has 0 bridgehead atoms. The van der Waals surface area contributed by atoms with E-state index >= 15 is 0 Å². The molecule has 0 radical (unpaired) electrons. The highest BCUT2D eigenvalue weighted by Crippen LogP contribution is 2.43. The van der Waals surface area contributed by atoms with Crippen LogP contribution in [-0.2, 0) is 27.7 Å². The second-order valence-corrected chi connectivity index (χ2v) is 13.9. The van der Waals surface area contributed by atoms with Crippen LogP contribution in [-0.4, -0.2) is 46.9 Å². The lowest BCUT2D eigenvalue weighted by molar-refractivity contribution is -0.147. The summed E-state index contributed by atoms with van der Waals surface area (Å²) in [5, 5.41) is 18.8. The van der Waals surface area contributed by atoms with Gasteiger partial charge in [-0.1, -0.05) is 49.6 Å². The summed E-state index contributed by atoms with van der Waals surface area (Å²) >= 11 is 1.28. The Morgan fingerprint density at radius 1 is 1.14 bits per heavy atom. The minimum Gasteiger partial charge on any atom is -0.481 e. The number of aliphatic carboxylic acids is 1. The molecule has 1 aliphatic rings. The highest BCUT2D eigenvalue weighted by Gasteiger charge is 2.39. The van der Waals surface area contributed by atoms with Crippen LogP contribution in [0.3, 0.4) is 0 Å². The molecule has 0 saturated heterocycles. The van der Waals surface area contributed by atoms with Crippen molar-refractivity contribution >= 4 is 38.1 Å². The van der Waals surface area contributed by atoms with E-state index in [1.807, 2.05) is 0 Å². The maximum absolute atomic E-state index is 13.2. The minimum absolute atomic E-state index is 0.0318. The topological polar surface area (TPSA) is 135 Å². The smallest absolute Gasteiger partial charge is 0.404 e. The molecule has 1 fully saturated rings. The molecule has 1 atom stereocenters. The van der Waals surface area contributed by atoms with E-state index in [2.05, 4.69) is 10.2 Å². The number of thiazole rings is 1. The fourth-order valence-corrected chi connectivity index (χ4v) is 7.19. The monoisotopic (exact) mass is 622 g/mol. The number of hydrogen-bond donors (Lipinski definition) is 2. The lowest BCUT2D eigenvalue weighted by Gasteiger charge is -2.24. The number of fused-ring (bicyclic) bond motifs is 1. The molecule has 1 aliphatic carbocycles. The van der Waals surface area contributed by atoms with Gasteiger partial charge in [0.2, 0.25) is 15.9 Å². The number of rotatable bonds is 10. The summed E-state index contributed by atoms with van der Waals surface area (Å²) in [5.41, 5.74) is 0.342. The highest BCUT2D eigenvalue weighted by molar-refractivity contribution is 7.89. The number of sulfonamides is 1. The molecule has 0 amide bonds. The molecule has 5 rings (SSSR count). The Labute approximate surface area is 244 Å². The SMILES string of the molecule is CC(NS(=O)(=O)c1ccc(-c2sc(-c3nnc(CC(C)(C)C(=O)O)o3)nc2CC2CCC2)c2ccccc12)C(F)(F)F. The molecule has 9 nitrogen and oxygen atoms in total. The van der Waals surface area contributed by atoms with Crippen molar-refractivity contribution in [3.63, 3.8) is 0 Å². The van der Waals surface area contributed by atoms with Crippen molar-refractivity contribution in [3.05, 3.63) is 48.0 Å². The number of nitrogens with one attached hydrogen (secondary N) is 1. The third-order valence-corrected chi connectivity index (χ3v) is 10.2. The van der Waals surface area contributed by atoms with Gasteiger partial charge in [0.25, 0.3) is 5.89 Å². The molecule has 1 unspecified atom stereocenters. The molecular formula is C28H29F3N4O5S2. The quantitative estimate of drug-likeness (QED) is 0.212. The Morgan fingerprint density at radius 2 is 1.83 bits per heavy atom. The van der Waals surface area contributed by atoms with E-state index in [0.29, 0.717) is 28.3 Å². The first-order chi connectivity index (χ1) is 19.7. The van der Waals surface area contributed by atoms with E-state index < -0.39 is 33.6 Å². The molecule has 1 saturated carbocycles. The van der Waals surface area contributed by atoms with Crippen LogP contribution in [0.4, 0.5) is 13.2 Å². The van der Waals surface area contributed by atoms with Gasteiger partial charge in [0.05, 0.1) is 20.9 Å². The van der Waals surface area contributed by atoms with Gasteiger partial charge in [0.1, 0.15) is 6.04 Å². The zero-order valence-electron chi connectivity index (χ0n) is 23.0. The average molecular weight is 623 g/mol. The van der Waals surface area contributed by atoms with Crippen molar-refractivity contribution in [2.45, 2.75) is 70.0 Å². The second-order valence-electron chi connectivity index (χ2n) is 11.2. The molecule has 2 aromatic carbocycles. The van der Waals surface area contributed by atoms with Crippen LogP contribution in [0.1, 0.15) is 51.6 Å². The van der Waals surface area contributed by atoms with Gasteiger partial charge in [-0.3, -0.25) is 4.79 Å².